The minimum Gasteiger partial charge on any atom is -0.327 e. The summed E-state index contributed by atoms with van der Waals surface area (Å²) >= 11 is 5.67. The van der Waals surface area contributed by atoms with E-state index in [0.717, 1.165) is 25.7 Å². The van der Waals surface area contributed by atoms with Crippen LogP contribution in [0.3, 0.4) is 0 Å². The SMILES string of the molecule is NC1CCCCC1CC(=O)Nc1ccc(F)c(Cl)c1. The van der Waals surface area contributed by atoms with E-state index in [1.807, 2.05) is 0 Å². The molecule has 2 atom stereocenters. The molecule has 3 nitrogen and oxygen atoms in total. The number of amides is 1. The highest BCUT2D eigenvalue weighted by Gasteiger charge is 2.24. The third-order valence-corrected chi connectivity index (χ3v) is 3.91. The number of hydrogen-bond acceptors (Lipinski definition) is 2. The van der Waals surface area contributed by atoms with Crippen molar-refractivity contribution in [3.05, 3.63) is 29.0 Å². The Labute approximate surface area is 117 Å². The zero-order valence-electron chi connectivity index (χ0n) is 10.7. The van der Waals surface area contributed by atoms with E-state index >= 15 is 0 Å². The van der Waals surface area contributed by atoms with Crippen molar-refractivity contribution < 1.29 is 9.18 Å². The fraction of sp³-hybridized carbons (Fsp3) is 0.500. The van der Waals surface area contributed by atoms with Gasteiger partial charge in [0.05, 0.1) is 5.02 Å². The van der Waals surface area contributed by atoms with Crippen LogP contribution < -0.4 is 11.1 Å². The number of nitrogens with one attached hydrogen (secondary N) is 1. The van der Waals surface area contributed by atoms with Gasteiger partial charge in [0.2, 0.25) is 5.91 Å². The molecule has 104 valence electrons. The Hall–Kier alpha value is -1.13. The van der Waals surface area contributed by atoms with Crippen LogP contribution in [0.25, 0.3) is 0 Å². The Bertz CT molecular complexity index is 467. The highest BCUT2D eigenvalue weighted by molar-refractivity contribution is 6.31. The number of benzene rings is 1. The van der Waals surface area contributed by atoms with E-state index in [1.54, 1.807) is 0 Å². The maximum atomic E-state index is 13.0. The Kier molecular flexibility index (Phi) is 4.77. The van der Waals surface area contributed by atoms with Crippen molar-refractivity contribution >= 4 is 23.2 Å². The Morgan fingerprint density at radius 3 is 2.84 bits per heavy atom. The van der Waals surface area contributed by atoms with Crippen LogP contribution in [-0.4, -0.2) is 11.9 Å². The summed E-state index contributed by atoms with van der Waals surface area (Å²) in [6, 6.07) is 4.26. The zero-order valence-corrected chi connectivity index (χ0v) is 11.4. The Morgan fingerprint density at radius 1 is 1.42 bits per heavy atom. The van der Waals surface area contributed by atoms with Crippen LogP contribution in [0.15, 0.2) is 18.2 Å². The van der Waals surface area contributed by atoms with Gasteiger partial charge in [0.25, 0.3) is 0 Å². The highest BCUT2D eigenvalue weighted by atomic mass is 35.5. The van der Waals surface area contributed by atoms with E-state index in [2.05, 4.69) is 5.32 Å². The van der Waals surface area contributed by atoms with Gasteiger partial charge in [-0.25, -0.2) is 4.39 Å². The fourth-order valence-electron chi connectivity index (χ4n) is 2.51. The second-order valence-electron chi connectivity index (χ2n) is 5.09. The lowest BCUT2D eigenvalue weighted by Gasteiger charge is -2.27. The first kappa shape index (κ1) is 14.3. The topological polar surface area (TPSA) is 55.1 Å². The molecule has 1 aliphatic carbocycles. The van der Waals surface area contributed by atoms with Crippen LogP contribution in [0.5, 0.6) is 0 Å². The summed E-state index contributed by atoms with van der Waals surface area (Å²) in [7, 11) is 0. The molecule has 1 aliphatic rings. The predicted molar refractivity (Wildman–Crippen MR) is 74.6 cm³/mol. The lowest BCUT2D eigenvalue weighted by molar-refractivity contribution is -0.117. The quantitative estimate of drug-likeness (QED) is 0.894. The van der Waals surface area contributed by atoms with Crippen molar-refractivity contribution in [1.82, 2.24) is 0 Å². The first-order valence-corrected chi connectivity index (χ1v) is 6.94. The van der Waals surface area contributed by atoms with Crippen LogP contribution >= 0.6 is 11.6 Å². The van der Waals surface area contributed by atoms with Gasteiger partial charge in [-0.15, -0.1) is 0 Å². The number of carbonyl (C=O) groups is 1. The lowest BCUT2D eigenvalue weighted by Crippen LogP contribution is -2.35. The number of halogens is 2. The summed E-state index contributed by atoms with van der Waals surface area (Å²) in [5.41, 5.74) is 6.53. The highest BCUT2D eigenvalue weighted by Crippen LogP contribution is 2.26. The number of anilines is 1. The summed E-state index contributed by atoms with van der Waals surface area (Å²) in [5, 5.41) is 2.74. The number of carbonyl (C=O) groups excluding carboxylic acids is 1. The van der Waals surface area contributed by atoms with Crippen molar-refractivity contribution in [2.75, 3.05) is 5.32 Å². The first-order valence-electron chi connectivity index (χ1n) is 6.57. The summed E-state index contributed by atoms with van der Waals surface area (Å²) in [5.74, 6) is -0.344. The summed E-state index contributed by atoms with van der Waals surface area (Å²) in [4.78, 5) is 11.9. The van der Waals surface area contributed by atoms with Gasteiger partial charge < -0.3 is 11.1 Å². The van der Waals surface area contributed by atoms with Gasteiger partial charge in [-0.05, 0) is 37.0 Å². The summed E-state index contributed by atoms with van der Waals surface area (Å²) in [6.45, 7) is 0. The molecule has 19 heavy (non-hydrogen) atoms. The van der Waals surface area contributed by atoms with Crippen molar-refractivity contribution in [3.63, 3.8) is 0 Å². The molecule has 3 N–H and O–H groups in total. The monoisotopic (exact) mass is 284 g/mol. The molecule has 2 rings (SSSR count). The third kappa shape index (κ3) is 3.91. The summed E-state index contributed by atoms with van der Waals surface area (Å²) in [6.07, 6.45) is 4.68. The number of rotatable bonds is 3. The van der Waals surface area contributed by atoms with Crippen LogP contribution in [0.1, 0.15) is 32.1 Å². The van der Waals surface area contributed by atoms with Crippen molar-refractivity contribution in [1.29, 1.82) is 0 Å². The smallest absolute Gasteiger partial charge is 0.224 e. The number of nitrogens with two attached hydrogens (primary N) is 1. The molecule has 1 aromatic carbocycles. The molecule has 0 bridgehead atoms. The average molecular weight is 285 g/mol. The third-order valence-electron chi connectivity index (χ3n) is 3.62. The second kappa shape index (κ2) is 6.35. The van der Waals surface area contributed by atoms with E-state index in [-0.39, 0.29) is 22.9 Å². The van der Waals surface area contributed by atoms with Gasteiger partial charge in [0, 0.05) is 18.2 Å². The van der Waals surface area contributed by atoms with Gasteiger partial charge >= 0.3 is 0 Å². The molecule has 0 aromatic heterocycles. The van der Waals surface area contributed by atoms with E-state index < -0.39 is 5.82 Å². The molecule has 0 radical (unpaired) electrons. The zero-order chi connectivity index (χ0) is 13.8. The average Bonchev–Trinajstić information content (AvgIpc) is 2.37. The maximum Gasteiger partial charge on any atom is 0.224 e. The minimum atomic E-state index is -0.492. The second-order valence-corrected chi connectivity index (χ2v) is 5.50. The standard InChI is InChI=1S/C14H18ClFN2O/c15-11-8-10(5-6-12(11)16)18-14(19)7-9-3-1-2-4-13(9)17/h5-6,8-9,13H,1-4,7,17H2,(H,18,19). The molecule has 2 unspecified atom stereocenters. The minimum absolute atomic E-state index is 0.00664. The van der Waals surface area contributed by atoms with E-state index in [9.17, 15) is 9.18 Å². The normalized spacial score (nSPS) is 23.1. The fourth-order valence-corrected chi connectivity index (χ4v) is 2.69. The number of hydrogen-bond donors (Lipinski definition) is 2. The van der Waals surface area contributed by atoms with E-state index in [0.29, 0.717) is 12.1 Å². The van der Waals surface area contributed by atoms with Gasteiger partial charge in [-0.1, -0.05) is 24.4 Å². The van der Waals surface area contributed by atoms with Crippen molar-refractivity contribution in [3.8, 4) is 0 Å². The molecule has 1 aromatic rings. The molecular weight excluding hydrogens is 267 g/mol. The molecule has 1 fully saturated rings. The first-order chi connectivity index (χ1) is 9.06. The molecule has 0 aliphatic heterocycles. The molecular formula is C14H18ClFN2O. The van der Waals surface area contributed by atoms with Crippen LogP contribution in [0.2, 0.25) is 5.02 Å². The molecule has 1 amide bonds. The van der Waals surface area contributed by atoms with Gasteiger partial charge in [0.1, 0.15) is 5.82 Å². The van der Waals surface area contributed by atoms with Gasteiger partial charge in [0.15, 0.2) is 0 Å². The maximum absolute atomic E-state index is 13.0. The van der Waals surface area contributed by atoms with Crippen molar-refractivity contribution in [2.24, 2.45) is 11.7 Å². The van der Waals surface area contributed by atoms with Crippen LogP contribution in [-0.2, 0) is 4.79 Å². The predicted octanol–water partition coefficient (Wildman–Crippen LogP) is 3.33. The Morgan fingerprint density at radius 2 is 2.16 bits per heavy atom. The lowest BCUT2D eigenvalue weighted by atomic mass is 9.83. The Balaban J connectivity index is 1.91. The van der Waals surface area contributed by atoms with Gasteiger partial charge in [-0.3, -0.25) is 4.79 Å². The molecule has 0 spiro atoms. The van der Waals surface area contributed by atoms with E-state index in [1.165, 1.54) is 18.2 Å². The van der Waals surface area contributed by atoms with Crippen LogP contribution in [0, 0.1) is 11.7 Å². The molecule has 0 heterocycles. The largest absolute Gasteiger partial charge is 0.327 e. The molecule has 1 saturated carbocycles. The molecule has 0 saturated heterocycles. The van der Waals surface area contributed by atoms with E-state index in [4.69, 9.17) is 17.3 Å². The van der Waals surface area contributed by atoms with Gasteiger partial charge in [-0.2, -0.15) is 0 Å². The summed E-state index contributed by atoms with van der Waals surface area (Å²) < 4.78 is 13.0. The molecule has 5 heteroatoms. The van der Waals surface area contributed by atoms with Crippen LogP contribution in [0.4, 0.5) is 10.1 Å². The van der Waals surface area contributed by atoms with Crippen molar-refractivity contribution in [2.45, 2.75) is 38.1 Å².